The summed E-state index contributed by atoms with van der Waals surface area (Å²) in [6.45, 7) is 3.74. The van der Waals surface area contributed by atoms with Gasteiger partial charge in [-0.15, -0.1) is 0 Å². The molecule has 2 heterocycles. The zero-order chi connectivity index (χ0) is 19.9. The number of nitrogens with zero attached hydrogens (tertiary/aromatic N) is 1. The maximum absolute atomic E-state index is 12.8. The Kier molecular flexibility index (Phi) is 7.36. The maximum Gasteiger partial charge on any atom is 0.255 e. The van der Waals surface area contributed by atoms with Crippen molar-refractivity contribution in [2.75, 3.05) is 53.1 Å². The molecule has 8 nitrogen and oxygen atoms in total. The number of carbonyl (C=O) groups excluding carboxylic acids is 1. The lowest BCUT2D eigenvalue weighted by Gasteiger charge is -2.36. The van der Waals surface area contributed by atoms with Crippen LogP contribution in [0.25, 0.3) is 0 Å². The number of amides is 1. The van der Waals surface area contributed by atoms with Crippen LogP contribution in [-0.4, -0.2) is 80.2 Å². The molecule has 0 radical (unpaired) electrons. The number of hydrogen-bond donors (Lipinski definition) is 3. The van der Waals surface area contributed by atoms with Crippen molar-refractivity contribution in [3.05, 3.63) is 17.7 Å². The van der Waals surface area contributed by atoms with E-state index in [1.165, 1.54) is 0 Å². The quantitative estimate of drug-likeness (QED) is 0.624. The van der Waals surface area contributed by atoms with Crippen LogP contribution in [0.1, 0.15) is 29.6 Å². The molecule has 28 heavy (non-hydrogen) atoms. The third-order valence-electron chi connectivity index (χ3n) is 5.28. The fourth-order valence-corrected chi connectivity index (χ4v) is 3.67. The highest BCUT2D eigenvalue weighted by Crippen LogP contribution is 2.41. The molecule has 0 saturated carbocycles. The number of rotatable bonds is 7. The van der Waals surface area contributed by atoms with E-state index in [2.05, 4.69) is 10.2 Å². The number of likely N-dealkylation sites (tertiary alicyclic amines) is 1. The number of aliphatic hydroxyl groups excluding tert-OH is 2. The van der Waals surface area contributed by atoms with E-state index >= 15 is 0 Å². The van der Waals surface area contributed by atoms with Gasteiger partial charge in [-0.3, -0.25) is 4.79 Å². The number of carbonyl (C=O) groups is 1. The van der Waals surface area contributed by atoms with Crippen molar-refractivity contribution in [1.29, 1.82) is 0 Å². The summed E-state index contributed by atoms with van der Waals surface area (Å²) in [6, 6.07) is 3.38. The summed E-state index contributed by atoms with van der Waals surface area (Å²) in [4.78, 5) is 14.9. The topological polar surface area (TPSA) is 100 Å². The van der Waals surface area contributed by atoms with Crippen LogP contribution >= 0.6 is 0 Å². The predicted octanol–water partition coefficient (Wildman–Crippen LogP) is 0.652. The van der Waals surface area contributed by atoms with Crippen LogP contribution < -0.4 is 19.5 Å². The molecule has 8 heteroatoms. The van der Waals surface area contributed by atoms with Crippen LogP contribution in [0.15, 0.2) is 12.1 Å². The minimum atomic E-state index is -0.500. The van der Waals surface area contributed by atoms with Gasteiger partial charge in [0.05, 0.1) is 32.0 Å². The summed E-state index contributed by atoms with van der Waals surface area (Å²) in [5.74, 6) is 1.17. The minimum Gasteiger partial charge on any atom is -0.493 e. The monoisotopic (exact) mass is 394 g/mol. The molecule has 3 rings (SSSR count). The Balaban J connectivity index is 1.61. The first-order chi connectivity index (χ1) is 13.6. The number of nitrogens with one attached hydrogen (secondary N) is 1. The molecule has 1 amide bonds. The molecule has 1 aromatic rings. The highest BCUT2D eigenvalue weighted by Gasteiger charge is 2.29. The molecule has 2 unspecified atom stereocenters. The molecule has 0 aliphatic carbocycles. The molecule has 0 spiro atoms. The lowest BCUT2D eigenvalue weighted by Crippen LogP contribution is -2.47. The van der Waals surface area contributed by atoms with E-state index in [9.17, 15) is 9.90 Å². The minimum absolute atomic E-state index is 0.00310. The fourth-order valence-electron chi connectivity index (χ4n) is 3.67. The van der Waals surface area contributed by atoms with E-state index < -0.39 is 6.10 Å². The molecule has 2 atom stereocenters. The van der Waals surface area contributed by atoms with Crippen LogP contribution in [0.2, 0.25) is 0 Å². The van der Waals surface area contributed by atoms with Gasteiger partial charge in [0, 0.05) is 38.6 Å². The third-order valence-corrected chi connectivity index (χ3v) is 5.28. The van der Waals surface area contributed by atoms with Crippen molar-refractivity contribution in [3.63, 3.8) is 0 Å². The number of methoxy groups -OCH3 is 1. The van der Waals surface area contributed by atoms with E-state index in [0.717, 1.165) is 25.9 Å². The number of ether oxygens (including phenoxy) is 3. The molecule has 156 valence electrons. The van der Waals surface area contributed by atoms with Crippen molar-refractivity contribution in [1.82, 2.24) is 10.2 Å². The Hall–Kier alpha value is -2.03. The predicted molar refractivity (Wildman–Crippen MR) is 103 cm³/mol. The Morgan fingerprint density at radius 3 is 2.82 bits per heavy atom. The maximum atomic E-state index is 12.8. The molecule has 0 bridgehead atoms. The summed E-state index contributed by atoms with van der Waals surface area (Å²) in [5, 5.41) is 22.3. The molecule has 1 fully saturated rings. The van der Waals surface area contributed by atoms with E-state index in [0.29, 0.717) is 55.5 Å². The zero-order valence-corrected chi connectivity index (χ0v) is 16.4. The average Bonchev–Trinajstić information content (AvgIpc) is 2.96. The first-order valence-electron chi connectivity index (χ1n) is 9.90. The second-order valence-electron chi connectivity index (χ2n) is 7.23. The van der Waals surface area contributed by atoms with Gasteiger partial charge in [0.15, 0.2) is 11.5 Å². The van der Waals surface area contributed by atoms with Crippen molar-refractivity contribution in [2.45, 2.75) is 25.4 Å². The van der Waals surface area contributed by atoms with Crippen molar-refractivity contribution in [3.8, 4) is 17.2 Å². The van der Waals surface area contributed by atoms with Crippen LogP contribution in [-0.2, 0) is 0 Å². The van der Waals surface area contributed by atoms with Gasteiger partial charge < -0.3 is 34.6 Å². The highest BCUT2D eigenvalue weighted by atomic mass is 16.5. The van der Waals surface area contributed by atoms with Crippen LogP contribution in [0, 0.1) is 5.92 Å². The van der Waals surface area contributed by atoms with Gasteiger partial charge in [0.25, 0.3) is 5.91 Å². The Bertz CT molecular complexity index is 668. The third kappa shape index (κ3) is 4.87. The van der Waals surface area contributed by atoms with Crippen molar-refractivity contribution < 1.29 is 29.2 Å². The molecule has 3 N–H and O–H groups in total. The van der Waals surface area contributed by atoms with E-state index in [1.807, 2.05) is 0 Å². The lowest BCUT2D eigenvalue weighted by molar-refractivity contribution is 0.0201. The molecule has 1 saturated heterocycles. The molecular formula is C20H30N2O6. The van der Waals surface area contributed by atoms with Crippen LogP contribution in [0.5, 0.6) is 17.2 Å². The molecule has 2 aliphatic rings. The average molecular weight is 394 g/mol. The highest BCUT2D eigenvalue weighted by molar-refractivity contribution is 5.98. The van der Waals surface area contributed by atoms with Crippen LogP contribution in [0.3, 0.4) is 0 Å². The van der Waals surface area contributed by atoms with Gasteiger partial charge in [0.2, 0.25) is 5.75 Å². The second-order valence-corrected chi connectivity index (χ2v) is 7.23. The molecular weight excluding hydrogens is 364 g/mol. The SMILES string of the molecule is COc1ccc(C(=O)NCC2CCN(CCCO)CC2O)c2c1OCCCO2. The van der Waals surface area contributed by atoms with E-state index in [-0.39, 0.29) is 18.4 Å². The summed E-state index contributed by atoms with van der Waals surface area (Å²) in [5.41, 5.74) is 0.410. The Labute approximate surface area is 165 Å². The summed E-state index contributed by atoms with van der Waals surface area (Å²) in [6.07, 6.45) is 1.74. The second kappa shape index (κ2) is 9.95. The summed E-state index contributed by atoms with van der Waals surface area (Å²) in [7, 11) is 1.55. The van der Waals surface area contributed by atoms with E-state index in [1.54, 1.807) is 19.2 Å². The van der Waals surface area contributed by atoms with Crippen molar-refractivity contribution in [2.24, 2.45) is 5.92 Å². The Morgan fingerprint density at radius 2 is 2.11 bits per heavy atom. The van der Waals surface area contributed by atoms with Gasteiger partial charge in [-0.2, -0.15) is 0 Å². The van der Waals surface area contributed by atoms with Gasteiger partial charge in [0.1, 0.15) is 0 Å². The number of hydrogen-bond acceptors (Lipinski definition) is 7. The smallest absolute Gasteiger partial charge is 0.255 e. The zero-order valence-electron chi connectivity index (χ0n) is 16.4. The largest absolute Gasteiger partial charge is 0.493 e. The van der Waals surface area contributed by atoms with Gasteiger partial charge >= 0.3 is 0 Å². The summed E-state index contributed by atoms with van der Waals surface area (Å²) >= 11 is 0. The van der Waals surface area contributed by atoms with E-state index in [4.69, 9.17) is 19.3 Å². The molecule has 0 aromatic heterocycles. The normalized spacial score (nSPS) is 22.4. The lowest BCUT2D eigenvalue weighted by atomic mass is 9.93. The van der Waals surface area contributed by atoms with Crippen molar-refractivity contribution >= 4 is 5.91 Å². The number of benzene rings is 1. The van der Waals surface area contributed by atoms with Gasteiger partial charge in [-0.25, -0.2) is 0 Å². The molecule has 1 aromatic carbocycles. The standard InChI is InChI=1S/C20H30N2O6/c1-26-17-5-4-15(18-19(17)28-11-3-10-27-18)20(25)21-12-14-6-8-22(7-2-9-23)13-16(14)24/h4-5,14,16,23-24H,2-3,6-13H2,1H3,(H,21,25). The molecule has 2 aliphatic heterocycles. The first kappa shape index (κ1) is 20.7. The summed E-state index contributed by atoms with van der Waals surface area (Å²) < 4.78 is 16.8. The van der Waals surface area contributed by atoms with Gasteiger partial charge in [-0.1, -0.05) is 0 Å². The number of fused-ring (bicyclic) bond motifs is 1. The number of β-amino-alcohol motifs (C(OH)–C–C–N with tert-alkyl or cyclic N) is 1. The Morgan fingerprint density at radius 1 is 1.32 bits per heavy atom. The first-order valence-corrected chi connectivity index (χ1v) is 9.90. The number of piperidine rings is 1. The van der Waals surface area contributed by atoms with Crippen LogP contribution in [0.4, 0.5) is 0 Å². The van der Waals surface area contributed by atoms with Gasteiger partial charge in [-0.05, 0) is 31.5 Å². The fraction of sp³-hybridized carbons (Fsp3) is 0.650. The number of aliphatic hydroxyl groups is 2.